The Morgan fingerprint density at radius 2 is 2.00 bits per heavy atom. The monoisotopic (exact) mass is 578 g/mol. The highest BCUT2D eigenvalue weighted by Gasteiger charge is 2.34. The van der Waals surface area contributed by atoms with Crippen molar-refractivity contribution in [2.75, 3.05) is 12.4 Å². The van der Waals surface area contributed by atoms with E-state index in [4.69, 9.17) is 11.6 Å². The number of allylic oxidation sites excluding steroid dienone is 1. The number of aromatic nitrogens is 1. The lowest BCUT2D eigenvalue weighted by atomic mass is 10.0. The molecule has 0 bridgehead atoms. The molecule has 2 unspecified atom stereocenters. The molecule has 10 heteroatoms. The number of nitrogens with zero attached hydrogens (tertiary/aromatic N) is 2. The number of rotatable bonds is 5. The fourth-order valence-corrected chi connectivity index (χ4v) is 5.42. The van der Waals surface area contributed by atoms with Crippen molar-refractivity contribution in [2.45, 2.75) is 56.2 Å². The van der Waals surface area contributed by atoms with Crippen LogP contribution in [0.1, 0.15) is 48.3 Å². The van der Waals surface area contributed by atoms with Gasteiger partial charge in [-0.1, -0.05) is 24.6 Å². The molecule has 35 heavy (non-hydrogen) atoms. The van der Waals surface area contributed by atoms with Crippen molar-refractivity contribution < 1.29 is 13.8 Å². The van der Waals surface area contributed by atoms with Gasteiger partial charge < -0.3 is 10.6 Å². The molecule has 2 atom stereocenters. The fourth-order valence-electron chi connectivity index (χ4n) is 3.41. The number of benzene rings is 1. The second kappa shape index (κ2) is 12.1. The van der Waals surface area contributed by atoms with Gasteiger partial charge in [0.05, 0.1) is 37.7 Å². The van der Waals surface area contributed by atoms with Gasteiger partial charge in [0.1, 0.15) is 4.62 Å². The van der Waals surface area contributed by atoms with E-state index < -0.39 is 10.8 Å². The molecule has 2 heterocycles. The molecular formula is C25H28BrClN4O3S. The number of amides is 2. The van der Waals surface area contributed by atoms with Gasteiger partial charge in [-0.15, -0.1) is 0 Å². The zero-order valence-corrected chi connectivity index (χ0v) is 23.2. The van der Waals surface area contributed by atoms with Gasteiger partial charge in [-0.25, -0.2) is 0 Å². The number of nitrogens with one attached hydrogen (secondary N) is 2. The Hall–Kier alpha value is -2.36. The Balaban J connectivity index is 0.000000363. The number of carbonyl (C=O) groups is 2. The molecule has 186 valence electrons. The highest BCUT2D eigenvalue weighted by molar-refractivity contribution is 9.18. The van der Waals surface area contributed by atoms with Crippen LogP contribution in [0.2, 0.25) is 5.02 Å². The number of anilines is 1. The van der Waals surface area contributed by atoms with E-state index in [0.29, 0.717) is 32.8 Å². The maximum atomic E-state index is 12.9. The minimum Gasteiger partial charge on any atom is -0.349 e. The molecule has 1 saturated carbocycles. The first-order valence-electron chi connectivity index (χ1n) is 11.2. The molecule has 1 aliphatic carbocycles. The van der Waals surface area contributed by atoms with Gasteiger partial charge in [0.15, 0.2) is 0 Å². The maximum Gasteiger partial charge on any atom is 0.254 e. The number of halogens is 2. The lowest BCUT2D eigenvalue weighted by Crippen LogP contribution is -2.28. The van der Waals surface area contributed by atoms with Crippen molar-refractivity contribution >= 4 is 60.5 Å². The Morgan fingerprint density at radius 1 is 1.29 bits per heavy atom. The molecule has 0 radical (unpaired) electrons. The third-order valence-corrected chi connectivity index (χ3v) is 8.30. The van der Waals surface area contributed by atoms with Crippen LogP contribution in [-0.2, 0) is 22.0 Å². The van der Waals surface area contributed by atoms with Crippen LogP contribution in [0, 0.1) is 6.92 Å². The van der Waals surface area contributed by atoms with E-state index >= 15 is 0 Å². The van der Waals surface area contributed by atoms with Crippen molar-refractivity contribution in [2.24, 2.45) is 4.99 Å². The lowest BCUT2D eigenvalue weighted by molar-refractivity contribution is -0.112. The molecule has 1 aliphatic heterocycles. The SMILES string of the molecule is CN=C(Br)/C=C(\C)C(=O)Nc1ccc2c(c1C(=O)NC1CC1)S(=O)C(C)C2.Cc1ncccc1Cl. The first-order chi connectivity index (χ1) is 16.6. The summed E-state index contributed by atoms with van der Waals surface area (Å²) in [4.78, 5) is 33.9. The first-order valence-corrected chi connectivity index (χ1v) is 13.6. The van der Waals surface area contributed by atoms with Crippen molar-refractivity contribution in [3.63, 3.8) is 0 Å². The smallest absolute Gasteiger partial charge is 0.254 e. The predicted molar refractivity (Wildman–Crippen MR) is 145 cm³/mol. The topological polar surface area (TPSA) is 101 Å². The van der Waals surface area contributed by atoms with Gasteiger partial charge in [0, 0.05) is 30.1 Å². The summed E-state index contributed by atoms with van der Waals surface area (Å²) < 4.78 is 13.3. The van der Waals surface area contributed by atoms with Gasteiger partial charge in [0.2, 0.25) is 0 Å². The Kier molecular flexibility index (Phi) is 9.38. The van der Waals surface area contributed by atoms with Crippen LogP contribution in [0.15, 0.2) is 52.0 Å². The Morgan fingerprint density at radius 3 is 2.57 bits per heavy atom. The molecule has 4 rings (SSSR count). The molecule has 7 nitrogen and oxygen atoms in total. The van der Waals surface area contributed by atoms with E-state index in [2.05, 4.69) is 36.5 Å². The highest BCUT2D eigenvalue weighted by Crippen LogP contribution is 2.35. The van der Waals surface area contributed by atoms with Crippen LogP contribution in [-0.4, -0.2) is 44.0 Å². The standard InChI is InChI=1S/C19H22BrN3O3S.C6H6ClN/c1-10(8-15(20)21-3)18(24)23-14-7-4-12-9-11(2)27(26)17(12)16(14)19(25)22-13-5-6-13;1-5-6(7)3-2-4-8-5/h4,7-8,11,13H,5-6,9H2,1-3H3,(H,22,25)(H,23,24);2-4H,1H3/b10-8+,21-15?;. The molecule has 0 spiro atoms. The van der Waals surface area contributed by atoms with Crippen molar-refractivity contribution in [3.05, 3.63) is 64.0 Å². The summed E-state index contributed by atoms with van der Waals surface area (Å²) in [5, 5.41) is 6.44. The lowest BCUT2D eigenvalue weighted by Gasteiger charge is -2.15. The van der Waals surface area contributed by atoms with Crippen molar-refractivity contribution in [1.82, 2.24) is 10.3 Å². The Labute approximate surface area is 221 Å². The molecule has 1 fully saturated rings. The molecular weight excluding hydrogens is 552 g/mol. The quantitative estimate of drug-likeness (QED) is 0.385. The fraction of sp³-hybridized carbons (Fsp3) is 0.360. The minimum atomic E-state index is -1.27. The Bertz CT molecular complexity index is 1210. The first kappa shape index (κ1) is 27.2. The zero-order valence-electron chi connectivity index (χ0n) is 20.0. The van der Waals surface area contributed by atoms with Crippen molar-refractivity contribution in [1.29, 1.82) is 0 Å². The maximum absolute atomic E-state index is 12.9. The van der Waals surface area contributed by atoms with Gasteiger partial charge >= 0.3 is 0 Å². The minimum absolute atomic E-state index is 0.0446. The van der Waals surface area contributed by atoms with E-state index in [1.165, 1.54) is 0 Å². The average Bonchev–Trinajstić information content (AvgIpc) is 3.60. The van der Waals surface area contributed by atoms with Gasteiger partial charge in [-0.2, -0.15) is 0 Å². The van der Waals surface area contributed by atoms with Crippen LogP contribution in [0.3, 0.4) is 0 Å². The zero-order chi connectivity index (χ0) is 25.7. The molecule has 0 saturated heterocycles. The van der Waals surface area contributed by atoms with Crippen molar-refractivity contribution in [3.8, 4) is 0 Å². The third kappa shape index (κ3) is 7.08. The summed E-state index contributed by atoms with van der Waals surface area (Å²) >= 11 is 8.89. The van der Waals surface area contributed by atoms with Crippen LogP contribution in [0.5, 0.6) is 0 Å². The number of hydrogen-bond acceptors (Lipinski definition) is 5. The molecule has 2 aromatic rings. The van der Waals surface area contributed by atoms with E-state index in [0.717, 1.165) is 29.1 Å². The number of carbonyl (C=O) groups excluding carboxylic acids is 2. The number of aryl methyl sites for hydroxylation is 1. The predicted octanol–water partition coefficient (Wildman–Crippen LogP) is 4.98. The second-order valence-electron chi connectivity index (χ2n) is 8.43. The van der Waals surface area contributed by atoms with E-state index in [-0.39, 0.29) is 23.1 Å². The molecule has 2 amide bonds. The molecule has 1 aromatic heterocycles. The summed E-state index contributed by atoms with van der Waals surface area (Å²) in [7, 11) is 0.345. The van der Waals surface area contributed by atoms with E-state index in [1.807, 2.05) is 32.0 Å². The van der Waals surface area contributed by atoms with Crippen LogP contribution in [0.25, 0.3) is 0 Å². The van der Waals surface area contributed by atoms with E-state index in [1.54, 1.807) is 32.3 Å². The number of hydrogen-bond donors (Lipinski definition) is 2. The van der Waals surface area contributed by atoms with Gasteiger partial charge in [0.25, 0.3) is 11.8 Å². The van der Waals surface area contributed by atoms with Gasteiger partial charge in [-0.05, 0) is 78.9 Å². The number of fused-ring (bicyclic) bond motifs is 1. The summed E-state index contributed by atoms with van der Waals surface area (Å²) in [6, 6.07) is 7.38. The summed E-state index contributed by atoms with van der Waals surface area (Å²) in [5.41, 5.74) is 2.95. The number of pyridine rings is 1. The van der Waals surface area contributed by atoms with Gasteiger partial charge in [-0.3, -0.25) is 23.8 Å². The molecule has 1 aromatic carbocycles. The van der Waals surface area contributed by atoms with E-state index in [9.17, 15) is 13.8 Å². The highest BCUT2D eigenvalue weighted by atomic mass is 79.9. The molecule has 2 aliphatic rings. The summed E-state index contributed by atoms with van der Waals surface area (Å²) in [6.07, 6.45) is 5.90. The third-order valence-electron chi connectivity index (χ3n) is 5.55. The summed E-state index contributed by atoms with van der Waals surface area (Å²) in [6.45, 7) is 5.45. The van der Waals surface area contributed by atoms with Crippen LogP contribution in [0.4, 0.5) is 5.69 Å². The second-order valence-corrected chi connectivity index (χ2v) is 11.5. The van der Waals surface area contributed by atoms with Crippen LogP contribution >= 0.6 is 27.5 Å². The van der Waals surface area contributed by atoms with Crippen LogP contribution < -0.4 is 10.6 Å². The average molecular weight is 580 g/mol. The largest absolute Gasteiger partial charge is 0.349 e. The number of aliphatic imine (C=N–C) groups is 1. The summed E-state index contributed by atoms with van der Waals surface area (Å²) in [5.74, 6) is -0.613. The molecule has 2 N–H and O–H groups in total. The normalized spacial score (nSPS) is 19.4.